The molecule has 0 saturated carbocycles. The van der Waals surface area contributed by atoms with Crippen LogP contribution in [0.2, 0.25) is 0 Å². The van der Waals surface area contributed by atoms with Crippen molar-refractivity contribution in [2.45, 2.75) is 19.9 Å². The lowest BCUT2D eigenvalue weighted by Gasteiger charge is -2.13. The predicted molar refractivity (Wildman–Crippen MR) is 86.5 cm³/mol. The second kappa shape index (κ2) is 5.19. The molecular weight excluding hydrogens is 260 g/mol. The van der Waals surface area contributed by atoms with Crippen LogP contribution >= 0.6 is 0 Å². The van der Waals surface area contributed by atoms with Crippen molar-refractivity contribution in [1.29, 1.82) is 0 Å². The van der Waals surface area contributed by atoms with Crippen LogP contribution in [0.4, 0.5) is 0 Å². The highest BCUT2D eigenvalue weighted by Gasteiger charge is 2.14. The number of fused-ring (bicyclic) bond motifs is 1. The Hall–Kier alpha value is -2.39. The number of nitrogens with one attached hydrogen (secondary N) is 1. The van der Waals surface area contributed by atoms with Crippen molar-refractivity contribution in [2.75, 3.05) is 0 Å². The van der Waals surface area contributed by atoms with Gasteiger partial charge in [0.05, 0.1) is 6.04 Å². The molecule has 2 aromatic carbocycles. The molecule has 0 amide bonds. The van der Waals surface area contributed by atoms with Crippen LogP contribution in [0, 0.1) is 13.8 Å². The minimum absolute atomic E-state index is 0.125. The van der Waals surface area contributed by atoms with Crippen molar-refractivity contribution >= 4 is 10.9 Å². The van der Waals surface area contributed by atoms with Gasteiger partial charge >= 0.3 is 0 Å². The maximum Gasteiger partial charge on any atom is 0.253 e. The fourth-order valence-electron chi connectivity index (χ4n) is 2.62. The first kappa shape index (κ1) is 13.6. The van der Waals surface area contributed by atoms with Gasteiger partial charge in [-0.2, -0.15) is 0 Å². The van der Waals surface area contributed by atoms with Crippen LogP contribution < -0.4 is 11.3 Å². The monoisotopic (exact) mass is 278 g/mol. The number of hydrogen-bond donors (Lipinski definition) is 2. The number of H-pyrrole nitrogens is 1. The summed E-state index contributed by atoms with van der Waals surface area (Å²) >= 11 is 0. The van der Waals surface area contributed by atoms with Gasteiger partial charge in [-0.1, -0.05) is 41.5 Å². The Morgan fingerprint density at radius 3 is 2.52 bits per heavy atom. The molecule has 3 heteroatoms. The van der Waals surface area contributed by atoms with Crippen molar-refractivity contribution in [3.8, 4) is 0 Å². The van der Waals surface area contributed by atoms with Crippen LogP contribution in [0.1, 0.15) is 28.3 Å². The second-order valence-corrected chi connectivity index (χ2v) is 5.54. The molecule has 106 valence electrons. The third-order valence-corrected chi connectivity index (χ3v) is 3.76. The van der Waals surface area contributed by atoms with Crippen molar-refractivity contribution in [3.05, 3.63) is 81.1 Å². The summed E-state index contributed by atoms with van der Waals surface area (Å²) in [5.41, 5.74) is 10.8. The number of aromatic amines is 1. The normalized spacial score (nSPS) is 12.5. The van der Waals surface area contributed by atoms with E-state index in [1.165, 1.54) is 0 Å². The van der Waals surface area contributed by atoms with Crippen LogP contribution in [0.25, 0.3) is 10.9 Å². The topological polar surface area (TPSA) is 58.9 Å². The second-order valence-electron chi connectivity index (χ2n) is 5.54. The highest BCUT2D eigenvalue weighted by molar-refractivity contribution is 5.79. The standard InChI is InChI=1S/C18H18N2O/c1-11-4-3-5-13(8-11)17(19)15-10-14-9-12(2)6-7-16(14)20-18(15)21/h3-10,17H,19H2,1-2H3,(H,20,21). The van der Waals surface area contributed by atoms with E-state index in [0.717, 1.165) is 27.6 Å². The Labute approximate surface area is 123 Å². The zero-order valence-corrected chi connectivity index (χ0v) is 12.2. The molecule has 3 nitrogen and oxygen atoms in total. The van der Waals surface area contributed by atoms with E-state index in [1.54, 1.807) is 0 Å². The first-order chi connectivity index (χ1) is 10.0. The lowest BCUT2D eigenvalue weighted by Crippen LogP contribution is -2.22. The molecular formula is C18H18N2O. The minimum atomic E-state index is -0.418. The molecule has 0 saturated heterocycles. The zero-order chi connectivity index (χ0) is 15.0. The summed E-state index contributed by atoms with van der Waals surface area (Å²) < 4.78 is 0. The molecule has 1 aromatic heterocycles. The average molecular weight is 278 g/mol. The van der Waals surface area contributed by atoms with Gasteiger partial charge in [-0.3, -0.25) is 4.79 Å². The van der Waals surface area contributed by atoms with E-state index in [2.05, 4.69) is 11.1 Å². The van der Waals surface area contributed by atoms with Gasteiger partial charge in [-0.05, 0) is 43.0 Å². The largest absolute Gasteiger partial charge is 0.322 e. The van der Waals surface area contributed by atoms with Gasteiger partial charge < -0.3 is 10.7 Å². The quantitative estimate of drug-likeness (QED) is 0.756. The lowest BCUT2D eigenvalue weighted by atomic mass is 9.98. The zero-order valence-electron chi connectivity index (χ0n) is 12.2. The molecule has 21 heavy (non-hydrogen) atoms. The molecule has 0 aliphatic rings. The number of aromatic nitrogens is 1. The van der Waals surface area contributed by atoms with E-state index < -0.39 is 6.04 Å². The summed E-state index contributed by atoms with van der Waals surface area (Å²) in [7, 11) is 0. The molecule has 0 spiro atoms. The van der Waals surface area contributed by atoms with Crippen molar-refractivity contribution in [1.82, 2.24) is 4.98 Å². The van der Waals surface area contributed by atoms with Crippen LogP contribution in [0.5, 0.6) is 0 Å². The third kappa shape index (κ3) is 2.60. The number of benzene rings is 2. The molecule has 0 bridgehead atoms. The van der Waals surface area contributed by atoms with Crippen molar-refractivity contribution < 1.29 is 0 Å². The Bertz CT molecular complexity index is 864. The molecule has 0 aliphatic heterocycles. The summed E-state index contributed by atoms with van der Waals surface area (Å²) in [5.74, 6) is 0. The Morgan fingerprint density at radius 2 is 1.76 bits per heavy atom. The summed E-state index contributed by atoms with van der Waals surface area (Å²) in [6.07, 6.45) is 0. The van der Waals surface area contributed by atoms with Gasteiger partial charge in [-0.25, -0.2) is 0 Å². The summed E-state index contributed by atoms with van der Waals surface area (Å²) in [5, 5.41) is 1.01. The van der Waals surface area contributed by atoms with Gasteiger partial charge in [0.1, 0.15) is 0 Å². The molecule has 3 rings (SSSR count). The molecule has 3 N–H and O–H groups in total. The number of hydrogen-bond acceptors (Lipinski definition) is 2. The van der Waals surface area contributed by atoms with Gasteiger partial charge in [-0.15, -0.1) is 0 Å². The van der Waals surface area contributed by atoms with E-state index >= 15 is 0 Å². The van der Waals surface area contributed by atoms with E-state index in [1.807, 2.05) is 56.3 Å². The molecule has 0 radical (unpaired) electrons. The maximum atomic E-state index is 12.3. The number of rotatable bonds is 2. The Morgan fingerprint density at radius 1 is 1.00 bits per heavy atom. The molecule has 1 unspecified atom stereocenters. The first-order valence-electron chi connectivity index (χ1n) is 7.00. The molecule has 0 fully saturated rings. The Kier molecular flexibility index (Phi) is 3.35. The molecule has 3 aromatic rings. The van der Waals surface area contributed by atoms with Crippen LogP contribution in [-0.2, 0) is 0 Å². The van der Waals surface area contributed by atoms with Gasteiger partial charge in [0, 0.05) is 11.1 Å². The van der Waals surface area contributed by atoms with Gasteiger partial charge in [0.25, 0.3) is 5.56 Å². The summed E-state index contributed by atoms with van der Waals surface area (Å²) in [6, 6.07) is 15.4. The lowest BCUT2D eigenvalue weighted by molar-refractivity contribution is 0.852. The summed E-state index contributed by atoms with van der Waals surface area (Å²) in [6.45, 7) is 4.05. The number of aryl methyl sites for hydroxylation is 2. The third-order valence-electron chi connectivity index (χ3n) is 3.76. The first-order valence-corrected chi connectivity index (χ1v) is 7.00. The van der Waals surface area contributed by atoms with Crippen molar-refractivity contribution in [2.24, 2.45) is 5.73 Å². The maximum absolute atomic E-state index is 12.3. The van der Waals surface area contributed by atoms with Crippen LogP contribution in [0.15, 0.2) is 53.3 Å². The van der Waals surface area contributed by atoms with Gasteiger partial charge in [0.2, 0.25) is 0 Å². The summed E-state index contributed by atoms with van der Waals surface area (Å²) in [4.78, 5) is 15.2. The molecule has 0 aliphatic carbocycles. The van der Waals surface area contributed by atoms with Crippen molar-refractivity contribution in [3.63, 3.8) is 0 Å². The fourth-order valence-corrected chi connectivity index (χ4v) is 2.62. The average Bonchev–Trinajstić information content (AvgIpc) is 2.46. The highest BCUT2D eigenvalue weighted by Crippen LogP contribution is 2.21. The van der Waals surface area contributed by atoms with Crippen LogP contribution in [0.3, 0.4) is 0 Å². The molecule has 1 atom stereocenters. The smallest absolute Gasteiger partial charge is 0.253 e. The molecule has 1 heterocycles. The minimum Gasteiger partial charge on any atom is -0.322 e. The predicted octanol–water partition coefficient (Wildman–Crippen LogP) is 3.19. The fraction of sp³-hybridized carbons (Fsp3) is 0.167. The van der Waals surface area contributed by atoms with E-state index in [-0.39, 0.29) is 5.56 Å². The number of pyridine rings is 1. The number of nitrogens with two attached hydrogens (primary N) is 1. The van der Waals surface area contributed by atoms with E-state index in [0.29, 0.717) is 5.56 Å². The van der Waals surface area contributed by atoms with Gasteiger partial charge in [0.15, 0.2) is 0 Å². The highest BCUT2D eigenvalue weighted by atomic mass is 16.1. The SMILES string of the molecule is Cc1cccc(C(N)c2cc3cc(C)ccc3[nH]c2=O)c1. The van der Waals surface area contributed by atoms with Crippen LogP contribution in [-0.4, -0.2) is 4.98 Å². The van der Waals surface area contributed by atoms with E-state index in [9.17, 15) is 4.79 Å². The Balaban J connectivity index is 2.15. The van der Waals surface area contributed by atoms with E-state index in [4.69, 9.17) is 5.73 Å².